The number of anilines is 1. The average Bonchev–Trinajstić information content (AvgIpc) is 2.76. The van der Waals surface area contributed by atoms with E-state index in [-0.39, 0.29) is 6.10 Å². The number of hydrogen-bond donors (Lipinski definition) is 0. The summed E-state index contributed by atoms with van der Waals surface area (Å²) in [5.74, 6) is 0.730. The van der Waals surface area contributed by atoms with Crippen LogP contribution in [0.1, 0.15) is 34.2 Å². The monoisotopic (exact) mass is 403 g/mol. The Morgan fingerprint density at radius 2 is 1.87 bits per heavy atom. The molecule has 4 rings (SSSR count). The summed E-state index contributed by atoms with van der Waals surface area (Å²) in [5.41, 5.74) is 5.81. The molecular formula is C24H29N5O. The van der Waals surface area contributed by atoms with Crippen LogP contribution in [0, 0.1) is 6.92 Å². The van der Waals surface area contributed by atoms with Crippen LogP contribution in [-0.4, -0.2) is 53.6 Å². The summed E-state index contributed by atoms with van der Waals surface area (Å²) in [6.07, 6.45) is 4.64. The number of hydrogen-bond acceptors (Lipinski definition) is 6. The fraction of sp³-hybridized carbons (Fsp3) is 0.375. The highest BCUT2D eigenvalue weighted by Gasteiger charge is 2.23. The highest BCUT2D eigenvalue weighted by molar-refractivity contribution is 5.30. The summed E-state index contributed by atoms with van der Waals surface area (Å²) in [4.78, 5) is 18.1. The van der Waals surface area contributed by atoms with E-state index in [0.717, 1.165) is 49.0 Å². The SMILES string of the molecule is Cc1ccccc1Cc1cccc(C2CN(Cc3cnc(N(C)C)nc3)CCO2)n1. The summed E-state index contributed by atoms with van der Waals surface area (Å²) in [6.45, 7) is 5.38. The van der Waals surface area contributed by atoms with Gasteiger partial charge in [-0.1, -0.05) is 30.3 Å². The largest absolute Gasteiger partial charge is 0.369 e. The molecule has 156 valence electrons. The van der Waals surface area contributed by atoms with Gasteiger partial charge in [0.1, 0.15) is 6.10 Å². The second-order valence-electron chi connectivity index (χ2n) is 8.04. The van der Waals surface area contributed by atoms with Gasteiger partial charge in [0.25, 0.3) is 0 Å². The molecule has 1 aliphatic heterocycles. The first-order valence-electron chi connectivity index (χ1n) is 10.4. The zero-order valence-corrected chi connectivity index (χ0v) is 18.0. The molecule has 0 saturated carbocycles. The highest BCUT2D eigenvalue weighted by atomic mass is 16.5. The molecule has 0 spiro atoms. The molecule has 30 heavy (non-hydrogen) atoms. The summed E-state index contributed by atoms with van der Waals surface area (Å²) in [5, 5.41) is 0. The van der Waals surface area contributed by atoms with Gasteiger partial charge in [-0.2, -0.15) is 0 Å². The normalized spacial score (nSPS) is 17.1. The Balaban J connectivity index is 1.42. The molecule has 0 N–H and O–H groups in total. The van der Waals surface area contributed by atoms with E-state index in [9.17, 15) is 0 Å². The van der Waals surface area contributed by atoms with E-state index in [1.807, 2.05) is 31.4 Å². The van der Waals surface area contributed by atoms with Gasteiger partial charge in [0.2, 0.25) is 5.95 Å². The van der Waals surface area contributed by atoms with Crippen LogP contribution in [0.2, 0.25) is 0 Å². The number of morpholine rings is 1. The zero-order chi connectivity index (χ0) is 20.9. The maximum Gasteiger partial charge on any atom is 0.224 e. The first-order chi connectivity index (χ1) is 14.6. The number of rotatable bonds is 6. The molecule has 0 aliphatic carbocycles. The third-order valence-electron chi connectivity index (χ3n) is 5.44. The van der Waals surface area contributed by atoms with E-state index < -0.39 is 0 Å². The highest BCUT2D eigenvalue weighted by Crippen LogP contribution is 2.23. The first-order valence-corrected chi connectivity index (χ1v) is 10.4. The fourth-order valence-corrected chi connectivity index (χ4v) is 3.72. The molecule has 1 saturated heterocycles. The van der Waals surface area contributed by atoms with Crippen LogP contribution in [0.3, 0.4) is 0 Å². The molecule has 6 nitrogen and oxygen atoms in total. The molecule has 2 aromatic heterocycles. The van der Waals surface area contributed by atoms with Crippen LogP contribution in [0.25, 0.3) is 0 Å². The van der Waals surface area contributed by atoms with E-state index in [4.69, 9.17) is 9.72 Å². The Hall–Kier alpha value is -2.83. The smallest absolute Gasteiger partial charge is 0.224 e. The molecule has 1 fully saturated rings. The molecule has 1 unspecified atom stereocenters. The Morgan fingerprint density at radius 1 is 1.07 bits per heavy atom. The molecule has 3 aromatic rings. The van der Waals surface area contributed by atoms with Crippen molar-refractivity contribution in [1.29, 1.82) is 0 Å². The van der Waals surface area contributed by atoms with E-state index in [1.165, 1.54) is 11.1 Å². The van der Waals surface area contributed by atoms with Crippen molar-refractivity contribution in [3.05, 3.63) is 82.9 Å². The summed E-state index contributed by atoms with van der Waals surface area (Å²) < 4.78 is 6.07. The molecule has 1 atom stereocenters. The van der Waals surface area contributed by atoms with Crippen molar-refractivity contribution in [2.45, 2.75) is 26.0 Å². The number of pyridine rings is 1. The second kappa shape index (κ2) is 9.32. The Morgan fingerprint density at radius 3 is 2.63 bits per heavy atom. The van der Waals surface area contributed by atoms with Crippen LogP contribution in [0.5, 0.6) is 0 Å². The number of aromatic nitrogens is 3. The van der Waals surface area contributed by atoms with Crippen LogP contribution >= 0.6 is 0 Å². The van der Waals surface area contributed by atoms with Gasteiger partial charge in [0.15, 0.2) is 0 Å². The number of ether oxygens (including phenoxy) is 1. The van der Waals surface area contributed by atoms with Gasteiger partial charge in [0, 0.05) is 63.8 Å². The van der Waals surface area contributed by atoms with Gasteiger partial charge >= 0.3 is 0 Å². The lowest BCUT2D eigenvalue weighted by molar-refractivity contribution is -0.0351. The minimum Gasteiger partial charge on any atom is -0.369 e. The fourth-order valence-electron chi connectivity index (χ4n) is 3.72. The molecule has 1 aliphatic rings. The quantitative estimate of drug-likeness (QED) is 0.629. The maximum absolute atomic E-state index is 6.07. The maximum atomic E-state index is 6.07. The van der Waals surface area contributed by atoms with Gasteiger partial charge in [-0.15, -0.1) is 0 Å². The first kappa shape index (κ1) is 20.4. The van der Waals surface area contributed by atoms with Gasteiger partial charge < -0.3 is 9.64 Å². The molecular weight excluding hydrogens is 374 g/mol. The topological polar surface area (TPSA) is 54.4 Å². The minimum absolute atomic E-state index is 0.0162. The lowest BCUT2D eigenvalue weighted by Crippen LogP contribution is -2.38. The van der Waals surface area contributed by atoms with E-state index in [1.54, 1.807) is 0 Å². The Bertz CT molecular complexity index is 973. The lowest BCUT2D eigenvalue weighted by atomic mass is 10.0. The number of nitrogens with zero attached hydrogens (tertiary/aromatic N) is 5. The van der Waals surface area contributed by atoms with Crippen molar-refractivity contribution < 1.29 is 4.74 Å². The van der Waals surface area contributed by atoms with Gasteiger partial charge in [-0.05, 0) is 30.2 Å². The molecule has 6 heteroatoms. The van der Waals surface area contributed by atoms with Crippen LogP contribution in [0.4, 0.5) is 5.95 Å². The average molecular weight is 404 g/mol. The van der Waals surface area contributed by atoms with Crippen molar-refractivity contribution >= 4 is 5.95 Å². The van der Waals surface area contributed by atoms with Crippen molar-refractivity contribution in [1.82, 2.24) is 19.9 Å². The third-order valence-corrected chi connectivity index (χ3v) is 5.44. The summed E-state index contributed by atoms with van der Waals surface area (Å²) >= 11 is 0. The van der Waals surface area contributed by atoms with Crippen molar-refractivity contribution in [2.75, 3.05) is 38.7 Å². The molecule has 1 aromatic carbocycles. The molecule has 0 amide bonds. The predicted octanol–water partition coefficient (Wildman–Crippen LogP) is 3.41. The second-order valence-corrected chi connectivity index (χ2v) is 8.04. The van der Waals surface area contributed by atoms with Crippen LogP contribution in [-0.2, 0) is 17.7 Å². The molecule has 0 bridgehead atoms. The zero-order valence-electron chi connectivity index (χ0n) is 18.0. The minimum atomic E-state index is -0.0162. The van der Waals surface area contributed by atoms with E-state index in [2.05, 4.69) is 64.3 Å². The number of benzene rings is 1. The molecule has 0 radical (unpaired) electrons. The van der Waals surface area contributed by atoms with Gasteiger partial charge in [-0.25, -0.2) is 9.97 Å². The van der Waals surface area contributed by atoms with E-state index >= 15 is 0 Å². The van der Waals surface area contributed by atoms with E-state index in [0.29, 0.717) is 6.61 Å². The summed E-state index contributed by atoms with van der Waals surface area (Å²) in [6, 6.07) is 14.7. The Kier molecular flexibility index (Phi) is 6.35. The van der Waals surface area contributed by atoms with Crippen molar-refractivity contribution in [3.63, 3.8) is 0 Å². The third kappa shape index (κ3) is 5.01. The lowest BCUT2D eigenvalue weighted by Gasteiger charge is -2.32. The predicted molar refractivity (Wildman–Crippen MR) is 119 cm³/mol. The standard InChI is InChI=1S/C24H29N5O/c1-18-7-4-5-8-20(18)13-21-9-6-10-22(27-21)23-17-29(11-12-30-23)16-19-14-25-24(26-15-19)28(2)3/h4-10,14-15,23H,11-13,16-17H2,1-3H3. The summed E-state index contributed by atoms with van der Waals surface area (Å²) in [7, 11) is 3.89. The Labute approximate surface area is 178 Å². The van der Waals surface area contributed by atoms with Gasteiger partial charge in [-0.3, -0.25) is 9.88 Å². The molecule has 3 heterocycles. The van der Waals surface area contributed by atoms with Crippen molar-refractivity contribution in [3.8, 4) is 0 Å². The van der Waals surface area contributed by atoms with Crippen molar-refractivity contribution in [2.24, 2.45) is 0 Å². The van der Waals surface area contributed by atoms with Crippen LogP contribution in [0.15, 0.2) is 54.9 Å². The van der Waals surface area contributed by atoms with Crippen LogP contribution < -0.4 is 4.90 Å². The van der Waals surface area contributed by atoms with Gasteiger partial charge in [0.05, 0.1) is 12.3 Å². The number of aryl methyl sites for hydroxylation is 1.